The molecule has 2 aliphatic rings. The molecule has 0 radical (unpaired) electrons. The molecule has 7 nitrogen and oxygen atoms in total. The second-order valence-corrected chi connectivity index (χ2v) is 10.9. The lowest BCUT2D eigenvalue weighted by atomic mass is 9.81. The van der Waals surface area contributed by atoms with Crippen LogP contribution >= 0.6 is 0 Å². The summed E-state index contributed by atoms with van der Waals surface area (Å²) >= 11 is 0. The Morgan fingerprint density at radius 1 is 0.897 bits per heavy atom. The Balaban J connectivity index is 1.27. The van der Waals surface area contributed by atoms with Crippen molar-refractivity contribution < 1.29 is 13.5 Å². The Hall–Kier alpha value is -3.69. The highest BCUT2D eigenvalue weighted by atomic mass is 19.3. The van der Waals surface area contributed by atoms with Crippen LogP contribution in [0.4, 0.5) is 8.78 Å². The summed E-state index contributed by atoms with van der Waals surface area (Å²) in [6, 6.07) is 16.3. The summed E-state index contributed by atoms with van der Waals surface area (Å²) in [4.78, 5) is 13.2. The number of nitrogens with zero attached hydrogens (tertiary/aromatic N) is 2. The fraction of sp³-hybridized carbons (Fsp3) is 0.367. The maximum Gasteiger partial charge on any atom is 0.272 e. The van der Waals surface area contributed by atoms with Gasteiger partial charge in [-0.25, -0.2) is 8.78 Å². The van der Waals surface area contributed by atoms with Crippen molar-refractivity contribution in [2.75, 3.05) is 19.7 Å². The van der Waals surface area contributed by atoms with E-state index >= 15 is 0 Å². The third kappa shape index (κ3) is 4.39. The number of para-hydroxylation sites is 2. The Morgan fingerprint density at radius 3 is 2.31 bits per heavy atom. The standard InChI is InChI=1S/C30H31F2N5O2/c31-30(32)13-19(14-30)15-33-16-20-9-10-36-18-24(22-6-2-4-8-26(22)36)28-27(29(38)35-34-28)23-17-37(11-12-39-20)25-7-3-1-5-21(23)25/h1-8,17-20,33H,9-16H2,(H2,34,35,38)/t20-/m0/s1. The zero-order chi connectivity index (χ0) is 26.6. The molecule has 0 saturated heterocycles. The van der Waals surface area contributed by atoms with E-state index in [1.807, 2.05) is 30.5 Å². The third-order valence-electron chi connectivity index (χ3n) is 8.25. The number of H-pyrrole nitrogens is 2. The third-order valence-corrected chi connectivity index (χ3v) is 8.25. The van der Waals surface area contributed by atoms with Crippen LogP contribution in [0.25, 0.3) is 44.2 Å². The fourth-order valence-electron chi connectivity index (χ4n) is 6.30. The van der Waals surface area contributed by atoms with E-state index in [0.717, 1.165) is 51.6 Å². The van der Waals surface area contributed by atoms with Gasteiger partial charge in [-0.15, -0.1) is 0 Å². The normalized spacial score (nSPS) is 19.6. The number of aromatic nitrogens is 4. The number of hydrogen-bond acceptors (Lipinski definition) is 3. The summed E-state index contributed by atoms with van der Waals surface area (Å²) in [5, 5.41) is 11.5. The van der Waals surface area contributed by atoms with E-state index in [4.69, 9.17) is 4.74 Å². The lowest BCUT2D eigenvalue weighted by molar-refractivity contribution is -0.109. The van der Waals surface area contributed by atoms with Gasteiger partial charge in [-0.1, -0.05) is 36.4 Å². The molecule has 0 unspecified atom stereocenters. The molecule has 9 heteroatoms. The first-order valence-electron chi connectivity index (χ1n) is 13.6. The van der Waals surface area contributed by atoms with Crippen LogP contribution in [0, 0.1) is 5.92 Å². The van der Waals surface area contributed by atoms with Crippen LogP contribution in [0.5, 0.6) is 0 Å². The predicted octanol–water partition coefficient (Wildman–Crippen LogP) is 5.37. The molecule has 1 saturated carbocycles. The first-order chi connectivity index (χ1) is 19.0. The number of aromatic amines is 2. The van der Waals surface area contributed by atoms with E-state index in [-0.39, 0.29) is 30.4 Å². The van der Waals surface area contributed by atoms with Gasteiger partial charge in [0.15, 0.2) is 0 Å². The second kappa shape index (κ2) is 9.50. The number of hydrogen-bond donors (Lipinski definition) is 3. The highest BCUT2D eigenvalue weighted by Crippen LogP contribution is 2.42. The van der Waals surface area contributed by atoms with E-state index in [1.54, 1.807) is 0 Å². The average Bonchev–Trinajstić information content (AvgIpc) is 3.58. The summed E-state index contributed by atoms with van der Waals surface area (Å²) in [6.45, 7) is 3.06. The number of aryl methyl sites for hydroxylation is 1. The molecule has 7 rings (SSSR count). The van der Waals surface area contributed by atoms with Crippen LogP contribution in [0.15, 0.2) is 65.7 Å². The molecule has 1 atom stereocenters. The minimum Gasteiger partial charge on any atom is -0.375 e. The molecule has 1 aliphatic heterocycles. The van der Waals surface area contributed by atoms with Gasteiger partial charge >= 0.3 is 0 Å². The molecule has 1 fully saturated rings. The minimum atomic E-state index is -2.50. The molecule has 202 valence electrons. The van der Waals surface area contributed by atoms with Crippen molar-refractivity contribution >= 4 is 21.8 Å². The van der Waals surface area contributed by atoms with Crippen LogP contribution in [-0.4, -0.2) is 51.1 Å². The van der Waals surface area contributed by atoms with Gasteiger partial charge < -0.3 is 19.2 Å². The van der Waals surface area contributed by atoms with Crippen molar-refractivity contribution in [3.63, 3.8) is 0 Å². The monoisotopic (exact) mass is 531 g/mol. The van der Waals surface area contributed by atoms with Crippen molar-refractivity contribution in [2.24, 2.45) is 5.92 Å². The SMILES string of the molecule is O=c1[nH][nH]c2c1-c1cn(c3ccccc13)CCO[C@H](CNCC1CC(F)(F)C1)CCn1cc-2c2ccccc21. The van der Waals surface area contributed by atoms with Crippen LogP contribution < -0.4 is 10.9 Å². The number of alkyl halides is 2. The maximum absolute atomic E-state index is 13.3. The predicted molar refractivity (Wildman–Crippen MR) is 148 cm³/mol. The first-order valence-corrected chi connectivity index (χ1v) is 13.6. The topological polar surface area (TPSA) is 79.8 Å². The van der Waals surface area contributed by atoms with Crippen LogP contribution in [0.3, 0.4) is 0 Å². The van der Waals surface area contributed by atoms with Gasteiger partial charge in [0.2, 0.25) is 5.92 Å². The number of ether oxygens (including phenoxy) is 1. The molecule has 0 spiro atoms. The molecule has 4 bridgehead atoms. The van der Waals surface area contributed by atoms with Crippen LogP contribution in [0.2, 0.25) is 0 Å². The molecule has 4 heterocycles. The molecule has 0 amide bonds. The van der Waals surface area contributed by atoms with E-state index in [2.05, 4.69) is 55.1 Å². The van der Waals surface area contributed by atoms with Crippen molar-refractivity contribution in [1.82, 2.24) is 24.6 Å². The number of benzene rings is 2. The molecule has 3 N–H and O–H groups in total. The molecular formula is C30H31F2N5O2. The van der Waals surface area contributed by atoms with E-state index in [9.17, 15) is 13.6 Å². The highest BCUT2D eigenvalue weighted by Gasteiger charge is 2.44. The summed E-state index contributed by atoms with van der Waals surface area (Å²) in [5.74, 6) is -2.47. The van der Waals surface area contributed by atoms with Gasteiger partial charge in [-0.2, -0.15) is 0 Å². The van der Waals surface area contributed by atoms with Gasteiger partial charge in [0.25, 0.3) is 5.56 Å². The molecular weight excluding hydrogens is 500 g/mol. The number of rotatable bonds is 4. The first kappa shape index (κ1) is 24.4. The van der Waals surface area contributed by atoms with Crippen molar-refractivity contribution in [2.45, 2.75) is 44.4 Å². The largest absolute Gasteiger partial charge is 0.375 e. The fourth-order valence-corrected chi connectivity index (χ4v) is 6.30. The lowest BCUT2D eigenvalue weighted by Crippen LogP contribution is -2.43. The van der Waals surface area contributed by atoms with E-state index < -0.39 is 5.92 Å². The summed E-state index contributed by atoms with van der Waals surface area (Å²) in [7, 11) is 0. The summed E-state index contributed by atoms with van der Waals surface area (Å²) in [6.07, 6.45) is 4.79. The number of fused-ring (bicyclic) bond motifs is 13. The summed E-state index contributed by atoms with van der Waals surface area (Å²) in [5.41, 5.74) is 5.24. The van der Waals surface area contributed by atoms with Gasteiger partial charge in [0, 0.05) is 77.8 Å². The zero-order valence-electron chi connectivity index (χ0n) is 21.6. The van der Waals surface area contributed by atoms with Gasteiger partial charge in [-0.05, 0) is 31.0 Å². The number of halogens is 2. The Kier molecular flexibility index (Phi) is 5.93. The molecule has 5 aromatic rings. The number of nitrogens with one attached hydrogen (secondary N) is 3. The maximum atomic E-state index is 13.3. The Labute approximate surface area is 223 Å². The lowest BCUT2D eigenvalue weighted by Gasteiger charge is -2.35. The minimum absolute atomic E-state index is 0.0248. The average molecular weight is 532 g/mol. The molecule has 3 aromatic heterocycles. The van der Waals surface area contributed by atoms with Crippen molar-refractivity contribution in [1.29, 1.82) is 0 Å². The Morgan fingerprint density at radius 2 is 1.56 bits per heavy atom. The van der Waals surface area contributed by atoms with Gasteiger partial charge in [-0.3, -0.25) is 15.0 Å². The van der Waals surface area contributed by atoms with Crippen LogP contribution in [0.1, 0.15) is 19.3 Å². The smallest absolute Gasteiger partial charge is 0.272 e. The van der Waals surface area contributed by atoms with Crippen molar-refractivity contribution in [3.05, 3.63) is 71.3 Å². The molecule has 2 aromatic carbocycles. The molecule has 1 aliphatic carbocycles. The highest BCUT2D eigenvalue weighted by molar-refractivity contribution is 6.03. The van der Waals surface area contributed by atoms with Crippen molar-refractivity contribution in [3.8, 4) is 22.4 Å². The zero-order valence-corrected chi connectivity index (χ0v) is 21.6. The quantitative estimate of drug-likeness (QED) is 0.292. The van der Waals surface area contributed by atoms with E-state index in [1.165, 1.54) is 0 Å². The van der Waals surface area contributed by atoms with E-state index in [0.29, 0.717) is 31.8 Å². The van der Waals surface area contributed by atoms with Crippen LogP contribution in [-0.2, 0) is 17.8 Å². The Bertz CT molecular complexity index is 1700. The molecule has 39 heavy (non-hydrogen) atoms. The second-order valence-electron chi connectivity index (χ2n) is 10.9. The van der Waals surface area contributed by atoms with Gasteiger partial charge in [0.05, 0.1) is 24.0 Å². The summed E-state index contributed by atoms with van der Waals surface area (Å²) < 4.78 is 37.3. The van der Waals surface area contributed by atoms with Gasteiger partial charge in [0.1, 0.15) is 0 Å².